The molecule has 0 aliphatic rings. The van der Waals surface area contributed by atoms with Gasteiger partial charge in [0.1, 0.15) is 0 Å². The van der Waals surface area contributed by atoms with Crippen molar-refractivity contribution in [2.24, 2.45) is 0 Å². The van der Waals surface area contributed by atoms with E-state index in [1.165, 1.54) is 20.3 Å². The van der Waals surface area contributed by atoms with Crippen LogP contribution < -0.4 is 5.30 Å². The first-order chi connectivity index (χ1) is 9.00. The molecular formula is C13H15O5P. The Labute approximate surface area is 111 Å². The van der Waals surface area contributed by atoms with Crippen LogP contribution in [0.4, 0.5) is 0 Å². The molecule has 0 aliphatic heterocycles. The van der Waals surface area contributed by atoms with Crippen LogP contribution in [0.25, 0.3) is 10.8 Å². The molecule has 0 bridgehead atoms. The molecule has 5 nitrogen and oxygen atoms in total. The molecule has 0 heterocycles. The van der Waals surface area contributed by atoms with Crippen molar-refractivity contribution >= 4 is 30.0 Å². The van der Waals surface area contributed by atoms with Gasteiger partial charge in [-0.25, -0.2) is 0 Å². The number of aromatic carboxylic acids is 1. The van der Waals surface area contributed by atoms with E-state index in [0.29, 0.717) is 5.30 Å². The Morgan fingerprint density at radius 1 is 1.05 bits per heavy atom. The van der Waals surface area contributed by atoms with Gasteiger partial charge < -0.3 is 0 Å². The van der Waals surface area contributed by atoms with Crippen LogP contribution in [-0.2, 0) is 9.05 Å². The number of benzene rings is 2. The zero-order chi connectivity index (χ0) is 14.0. The van der Waals surface area contributed by atoms with Gasteiger partial charge in [0.25, 0.3) is 0 Å². The average molecular weight is 282 g/mol. The Balaban J connectivity index is 2.53. The van der Waals surface area contributed by atoms with E-state index >= 15 is 0 Å². The van der Waals surface area contributed by atoms with E-state index in [2.05, 4.69) is 0 Å². The zero-order valence-corrected chi connectivity index (χ0v) is 11.6. The van der Waals surface area contributed by atoms with Crippen LogP contribution in [0.15, 0.2) is 36.4 Å². The molecule has 0 radical (unpaired) electrons. The van der Waals surface area contributed by atoms with Crippen LogP contribution in [0.2, 0.25) is 0 Å². The molecule has 0 atom stereocenters. The van der Waals surface area contributed by atoms with Crippen molar-refractivity contribution in [2.75, 3.05) is 14.2 Å². The van der Waals surface area contributed by atoms with Crippen molar-refractivity contribution in [3.05, 3.63) is 42.0 Å². The van der Waals surface area contributed by atoms with Gasteiger partial charge in [-0.05, 0) is 0 Å². The fourth-order valence-electron chi connectivity index (χ4n) is 1.89. The first-order valence-electron chi connectivity index (χ1n) is 5.60. The number of hydrogen-bond acceptors (Lipinski definition) is 4. The van der Waals surface area contributed by atoms with E-state index in [1.54, 1.807) is 30.3 Å². The molecule has 0 aromatic heterocycles. The maximum absolute atomic E-state index is 10.9. The van der Waals surface area contributed by atoms with Crippen LogP contribution >= 0.6 is 7.94 Å². The van der Waals surface area contributed by atoms with Crippen LogP contribution in [0.3, 0.4) is 0 Å². The monoisotopic (exact) mass is 282 g/mol. The molecule has 2 rings (SSSR count). The molecule has 19 heavy (non-hydrogen) atoms. The van der Waals surface area contributed by atoms with E-state index < -0.39 is 13.9 Å². The van der Waals surface area contributed by atoms with Gasteiger partial charge in [-0.15, -0.1) is 0 Å². The standard InChI is InChI=1S/C13H15O5P/c1-17-19(16,18-2)12-6-5-9-7-11(13(14)15)4-3-10(9)8-12/h3-8,16,19H,1-2H3,(H,14,15). The van der Waals surface area contributed by atoms with Crippen molar-refractivity contribution in [3.8, 4) is 0 Å². The van der Waals surface area contributed by atoms with Gasteiger partial charge in [-0.3, -0.25) is 0 Å². The average Bonchev–Trinajstić information content (AvgIpc) is 2.45. The quantitative estimate of drug-likeness (QED) is 0.838. The number of carboxylic acids is 1. The van der Waals surface area contributed by atoms with E-state index in [4.69, 9.17) is 14.2 Å². The molecular weight excluding hydrogens is 267 g/mol. The van der Waals surface area contributed by atoms with E-state index in [9.17, 15) is 9.69 Å². The van der Waals surface area contributed by atoms with Crippen LogP contribution in [0, 0.1) is 0 Å². The molecule has 2 N–H and O–H groups in total. The summed E-state index contributed by atoms with van der Waals surface area (Å²) in [6, 6.07) is 9.99. The third kappa shape index (κ3) is 2.60. The Morgan fingerprint density at radius 2 is 1.63 bits per heavy atom. The summed E-state index contributed by atoms with van der Waals surface area (Å²) in [5.74, 6) is -0.967. The second-order valence-electron chi connectivity index (χ2n) is 4.07. The van der Waals surface area contributed by atoms with Crippen LogP contribution in [-0.4, -0.2) is 30.2 Å². The number of carbonyl (C=O) groups is 1. The van der Waals surface area contributed by atoms with Crippen molar-refractivity contribution in [3.63, 3.8) is 0 Å². The predicted octanol–water partition coefficient (Wildman–Crippen LogP) is 1.94. The van der Waals surface area contributed by atoms with E-state index in [1.807, 2.05) is 0 Å². The maximum atomic E-state index is 10.9. The normalized spacial score (nSPS) is 12.6. The minimum atomic E-state index is -3.34. The van der Waals surface area contributed by atoms with Crippen molar-refractivity contribution in [1.82, 2.24) is 0 Å². The van der Waals surface area contributed by atoms with E-state index in [0.717, 1.165) is 10.8 Å². The second kappa shape index (κ2) is 5.23. The van der Waals surface area contributed by atoms with Gasteiger partial charge in [-0.2, -0.15) is 0 Å². The molecule has 6 heteroatoms. The molecule has 0 aliphatic carbocycles. The molecule has 0 unspecified atom stereocenters. The summed E-state index contributed by atoms with van der Waals surface area (Å²) in [5, 5.41) is 11.1. The zero-order valence-electron chi connectivity index (χ0n) is 10.6. The fourth-order valence-corrected chi connectivity index (χ4v) is 3.16. The molecule has 2 aromatic rings. The van der Waals surface area contributed by atoms with Gasteiger partial charge >= 0.3 is 110 Å². The van der Waals surface area contributed by atoms with Crippen molar-refractivity contribution < 1.29 is 23.8 Å². The summed E-state index contributed by atoms with van der Waals surface area (Å²) in [6.45, 7) is 0. The molecule has 0 fully saturated rings. The molecule has 0 amide bonds. The Hall–Kier alpha value is -1.52. The van der Waals surface area contributed by atoms with Crippen molar-refractivity contribution in [2.45, 2.75) is 0 Å². The number of rotatable bonds is 4. The van der Waals surface area contributed by atoms with Crippen LogP contribution in [0.5, 0.6) is 0 Å². The third-order valence-electron chi connectivity index (χ3n) is 3.01. The Bertz CT molecular complexity index is 621. The number of carboxylic acid groups (broad SMARTS) is 1. The number of fused-ring (bicyclic) bond motifs is 1. The first-order valence-corrected chi connectivity index (χ1v) is 7.37. The van der Waals surface area contributed by atoms with E-state index in [-0.39, 0.29) is 5.56 Å². The summed E-state index contributed by atoms with van der Waals surface area (Å²) in [6.07, 6.45) is 0. The first kappa shape index (κ1) is 13.9. The molecule has 102 valence electrons. The van der Waals surface area contributed by atoms with Crippen LogP contribution in [0.1, 0.15) is 10.4 Å². The summed E-state index contributed by atoms with van der Waals surface area (Å²) >= 11 is 0. The number of hydrogen-bond donors (Lipinski definition) is 2. The summed E-state index contributed by atoms with van der Waals surface area (Å²) in [5.41, 5.74) is 0.228. The minimum absolute atomic E-state index is 0.228. The Morgan fingerprint density at radius 3 is 2.21 bits per heavy atom. The fraction of sp³-hybridized carbons (Fsp3) is 0.154. The molecule has 0 spiro atoms. The van der Waals surface area contributed by atoms with Crippen molar-refractivity contribution in [1.29, 1.82) is 0 Å². The predicted molar refractivity (Wildman–Crippen MR) is 75.1 cm³/mol. The van der Waals surface area contributed by atoms with Gasteiger partial charge in [0.2, 0.25) is 0 Å². The molecule has 0 saturated carbocycles. The molecule has 0 saturated heterocycles. The summed E-state index contributed by atoms with van der Waals surface area (Å²) < 4.78 is 10.1. The topological polar surface area (TPSA) is 76.0 Å². The Kier molecular flexibility index (Phi) is 3.83. The summed E-state index contributed by atoms with van der Waals surface area (Å²) in [4.78, 5) is 21.1. The second-order valence-corrected chi connectivity index (χ2v) is 6.63. The summed E-state index contributed by atoms with van der Waals surface area (Å²) in [7, 11) is -0.550. The van der Waals surface area contributed by atoms with Gasteiger partial charge in [-0.1, -0.05) is 0 Å². The SMILES string of the molecule is CO[PH](O)(OC)c1ccc2cc(C(=O)O)ccc2c1. The van der Waals surface area contributed by atoms with Gasteiger partial charge in [0.15, 0.2) is 0 Å². The van der Waals surface area contributed by atoms with Gasteiger partial charge in [0, 0.05) is 0 Å². The third-order valence-corrected chi connectivity index (χ3v) is 5.15. The molecule has 2 aromatic carbocycles. The van der Waals surface area contributed by atoms with Gasteiger partial charge in [0.05, 0.1) is 0 Å².